The zero-order chi connectivity index (χ0) is 28.9. The van der Waals surface area contributed by atoms with Crippen LogP contribution in [-0.2, 0) is 33.4 Å². The molecule has 0 aliphatic rings. The summed E-state index contributed by atoms with van der Waals surface area (Å²) in [5.74, 6) is 1.41. The maximum Gasteiger partial charge on any atom is 2.00 e. The van der Waals surface area contributed by atoms with Crippen molar-refractivity contribution in [3.05, 3.63) is 164 Å². The number of nitrogens with zero attached hydrogens (tertiary/aromatic N) is 1. The van der Waals surface area contributed by atoms with E-state index in [2.05, 4.69) is 167 Å². The van der Waals surface area contributed by atoms with E-state index in [0.29, 0.717) is 5.92 Å². The molecule has 0 aliphatic carbocycles. The molecular formula is C38H41NP2Pt+2. The van der Waals surface area contributed by atoms with Crippen LogP contribution >= 0.6 is 15.8 Å². The SMILES string of the molecule is C=CC(C)C(C)C.[Pt+2].c1ccc(P(Cc2cccc(CP(c3ccccc3)c3ccccc3)n2)c2ccccc2)cc1. The van der Waals surface area contributed by atoms with Gasteiger partial charge in [0.1, 0.15) is 0 Å². The standard InChI is InChI=1S/C31H27NP2.C7H14.Pt/c1-5-16-28(17-6-1)33(29-18-7-2-8-19-29)24-26-14-13-15-27(32-26)25-34(30-20-9-3-10-21-30)31-22-11-4-12-23-31;1-5-7(4)6(2)3;/h1-23H,24-25H2;5-7H,1H2,2-4H3;/q;;+2. The van der Waals surface area contributed by atoms with Crippen LogP contribution in [0, 0.1) is 11.8 Å². The first kappa shape index (κ1) is 33.8. The Morgan fingerprint density at radius 1 is 0.524 bits per heavy atom. The number of benzene rings is 4. The molecule has 0 radical (unpaired) electrons. The smallest absolute Gasteiger partial charge is 0.257 e. The Morgan fingerprint density at radius 3 is 1.07 bits per heavy atom. The second-order valence-electron chi connectivity index (χ2n) is 10.5. The Hall–Kier alpha value is -2.68. The molecule has 5 aromatic rings. The van der Waals surface area contributed by atoms with Crippen molar-refractivity contribution in [2.24, 2.45) is 11.8 Å². The molecule has 0 saturated heterocycles. The van der Waals surface area contributed by atoms with Gasteiger partial charge in [-0.05, 0) is 61.0 Å². The zero-order valence-corrected chi connectivity index (χ0v) is 28.9. The molecule has 5 rings (SSSR count). The van der Waals surface area contributed by atoms with Crippen LogP contribution in [0.5, 0.6) is 0 Å². The summed E-state index contributed by atoms with van der Waals surface area (Å²) in [6, 6.07) is 50.1. The number of allylic oxidation sites excluding steroid dienone is 1. The van der Waals surface area contributed by atoms with E-state index >= 15 is 0 Å². The first-order chi connectivity index (χ1) is 20.0. The van der Waals surface area contributed by atoms with Crippen LogP contribution in [0.1, 0.15) is 32.2 Å². The number of rotatable bonds is 10. The molecule has 0 aliphatic heterocycles. The van der Waals surface area contributed by atoms with Crippen molar-refractivity contribution in [2.75, 3.05) is 0 Å². The fourth-order valence-corrected chi connectivity index (χ4v) is 8.85. The summed E-state index contributed by atoms with van der Waals surface area (Å²) in [5.41, 5.74) is 2.35. The number of pyridine rings is 1. The third-order valence-corrected chi connectivity index (χ3v) is 12.2. The quantitative estimate of drug-likeness (QED) is 0.102. The molecule has 1 nitrogen and oxygen atoms in total. The second-order valence-corrected chi connectivity index (χ2v) is 14.9. The van der Waals surface area contributed by atoms with Gasteiger partial charge in [-0.1, -0.05) is 154 Å². The van der Waals surface area contributed by atoms with Gasteiger partial charge in [0.15, 0.2) is 0 Å². The summed E-state index contributed by atoms with van der Waals surface area (Å²) in [6.45, 7) is 10.3. The molecule has 1 heterocycles. The molecule has 4 heteroatoms. The molecule has 4 aromatic carbocycles. The van der Waals surface area contributed by atoms with Crippen molar-refractivity contribution < 1.29 is 21.1 Å². The van der Waals surface area contributed by atoms with Gasteiger partial charge in [0.2, 0.25) is 0 Å². The van der Waals surface area contributed by atoms with E-state index in [-0.39, 0.29) is 21.1 Å². The molecule has 42 heavy (non-hydrogen) atoms. The Morgan fingerprint density at radius 2 is 0.833 bits per heavy atom. The zero-order valence-electron chi connectivity index (χ0n) is 24.8. The average Bonchev–Trinajstić information content (AvgIpc) is 3.04. The van der Waals surface area contributed by atoms with E-state index in [1.807, 2.05) is 6.08 Å². The van der Waals surface area contributed by atoms with Gasteiger partial charge in [-0.15, -0.1) is 6.58 Å². The van der Waals surface area contributed by atoms with Gasteiger partial charge in [0.25, 0.3) is 0 Å². The van der Waals surface area contributed by atoms with Crippen LogP contribution < -0.4 is 21.2 Å². The monoisotopic (exact) mass is 768 g/mol. The first-order valence-corrected chi connectivity index (χ1v) is 17.4. The minimum Gasteiger partial charge on any atom is -0.257 e. The second kappa shape index (κ2) is 18.1. The third-order valence-electron chi connectivity index (χ3n) is 7.20. The van der Waals surface area contributed by atoms with Crippen molar-refractivity contribution in [3.63, 3.8) is 0 Å². The van der Waals surface area contributed by atoms with Crippen LogP contribution in [0.3, 0.4) is 0 Å². The van der Waals surface area contributed by atoms with Gasteiger partial charge >= 0.3 is 21.1 Å². The molecule has 0 fully saturated rings. The predicted molar refractivity (Wildman–Crippen MR) is 184 cm³/mol. The molecule has 1 aromatic heterocycles. The van der Waals surface area contributed by atoms with Crippen molar-refractivity contribution >= 4 is 37.1 Å². The summed E-state index contributed by atoms with van der Waals surface area (Å²) in [4.78, 5) is 5.19. The van der Waals surface area contributed by atoms with Crippen LogP contribution in [0.15, 0.2) is 152 Å². The topological polar surface area (TPSA) is 12.9 Å². The number of hydrogen-bond acceptors (Lipinski definition) is 1. The minimum absolute atomic E-state index is 0. The summed E-state index contributed by atoms with van der Waals surface area (Å²) < 4.78 is 0. The maximum atomic E-state index is 5.19. The first-order valence-electron chi connectivity index (χ1n) is 14.4. The minimum atomic E-state index is -0.505. The van der Waals surface area contributed by atoms with Gasteiger partial charge in [-0.3, -0.25) is 4.98 Å². The van der Waals surface area contributed by atoms with Crippen molar-refractivity contribution in [1.82, 2.24) is 4.98 Å². The Bertz CT molecular complexity index is 1260. The van der Waals surface area contributed by atoms with Crippen LogP contribution in [-0.4, -0.2) is 4.98 Å². The predicted octanol–water partition coefficient (Wildman–Crippen LogP) is 8.81. The fourth-order valence-electron chi connectivity index (χ4n) is 4.40. The van der Waals surface area contributed by atoms with E-state index in [1.54, 1.807) is 0 Å². The average molecular weight is 769 g/mol. The molecule has 0 amide bonds. The number of aromatic nitrogens is 1. The fraction of sp³-hybridized carbons (Fsp3) is 0.184. The van der Waals surface area contributed by atoms with Gasteiger partial charge in [-0.25, -0.2) is 0 Å². The summed E-state index contributed by atoms with van der Waals surface area (Å²) >= 11 is 0. The summed E-state index contributed by atoms with van der Waals surface area (Å²) in [7, 11) is -1.01. The van der Waals surface area contributed by atoms with Gasteiger partial charge < -0.3 is 0 Å². The Labute approximate surface area is 270 Å². The summed E-state index contributed by atoms with van der Waals surface area (Å²) in [5, 5.41) is 5.58. The maximum absolute atomic E-state index is 5.19. The van der Waals surface area contributed by atoms with E-state index in [4.69, 9.17) is 4.98 Å². The van der Waals surface area contributed by atoms with Gasteiger partial charge in [-0.2, -0.15) is 0 Å². The summed E-state index contributed by atoms with van der Waals surface area (Å²) in [6.07, 6.45) is 3.89. The van der Waals surface area contributed by atoms with Crippen LogP contribution in [0.2, 0.25) is 0 Å². The van der Waals surface area contributed by atoms with Crippen molar-refractivity contribution in [3.8, 4) is 0 Å². The largest absolute Gasteiger partial charge is 2.00 e. The molecule has 0 N–H and O–H groups in total. The molecule has 0 saturated carbocycles. The van der Waals surface area contributed by atoms with E-state index in [9.17, 15) is 0 Å². The number of hydrogen-bond donors (Lipinski definition) is 0. The van der Waals surface area contributed by atoms with Crippen LogP contribution in [0.4, 0.5) is 0 Å². The van der Waals surface area contributed by atoms with E-state index in [1.165, 1.54) is 32.6 Å². The van der Waals surface area contributed by atoms with Crippen LogP contribution in [0.25, 0.3) is 0 Å². The normalized spacial score (nSPS) is 11.4. The van der Waals surface area contributed by atoms with Crippen molar-refractivity contribution in [2.45, 2.75) is 33.1 Å². The Balaban J connectivity index is 0.000000541. The van der Waals surface area contributed by atoms with Gasteiger partial charge in [0.05, 0.1) is 0 Å². The van der Waals surface area contributed by atoms with E-state index in [0.717, 1.165) is 18.2 Å². The molecule has 1 unspecified atom stereocenters. The Kier molecular flexibility index (Phi) is 14.6. The molecule has 0 spiro atoms. The van der Waals surface area contributed by atoms with Crippen molar-refractivity contribution in [1.29, 1.82) is 0 Å². The van der Waals surface area contributed by atoms with Gasteiger partial charge in [0, 0.05) is 23.7 Å². The van der Waals surface area contributed by atoms with E-state index < -0.39 is 15.8 Å². The molecule has 0 bridgehead atoms. The molecule has 216 valence electrons. The molecule has 1 atom stereocenters. The molecular weight excluding hydrogens is 727 g/mol. The third kappa shape index (κ3) is 10.2.